The van der Waals surface area contributed by atoms with Crippen LogP contribution in [0, 0.1) is 6.92 Å². The lowest BCUT2D eigenvalue weighted by atomic mass is 10.1. The fourth-order valence-electron chi connectivity index (χ4n) is 3.20. The predicted molar refractivity (Wildman–Crippen MR) is 121 cm³/mol. The summed E-state index contributed by atoms with van der Waals surface area (Å²) >= 11 is 5.86. The first-order valence-corrected chi connectivity index (χ1v) is 10.2. The van der Waals surface area contributed by atoms with Gasteiger partial charge in [0.1, 0.15) is 17.1 Å². The highest BCUT2D eigenvalue weighted by molar-refractivity contribution is 6.30. The third kappa shape index (κ3) is 4.60. The molecule has 0 atom stereocenters. The van der Waals surface area contributed by atoms with Gasteiger partial charge >= 0.3 is 5.97 Å². The van der Waals surface area contributed by atoms with E-state index < -0.39 is 5.97 Å². The Hall–Kier alpha value is -3.77. The highest BCUT2D eigenvalue weighted by Crippen LogP contribution is 2.32. The molecule has 4 aromatic rings. The number of carbonyl (C=O) groups excluding carboxylic acids is 1. The summed E-state index contributed by atoms with van der Waals surface area (Å²) in [6, 6.07) is 18.6. The smallest absolute Gasteiger partial charge is 0.315 e. The summed E-state index contributed by atoms with van der Waals surface area (Å²) in [6.45, 7) is 1.63. The number of ether oxygens (including phenoxy) is 3. The number of fused-ring (bicyclic) bond motifs is 1. The molecule has 1 heterocycles. The monoisotopic (exact) mass is 450 g/mol. The minimum atomic E-state index is -0.443. The fourth-order valence-corrected chi connectivity index (χ4v) is 3.33. The zero-order chi connectivity index (χ0) is 22.7. The highest BCUT2D eigenvalue weighted by Gasteiger charge is 2.17. The maximum absolute atomic E-state index is 13.0. The molecule has 0 aliphatic rings. The standard InChI is InChI=1S/C25H19ClO6/c1-15-25(32-21-6-4-3-5-20(21)29-2)24(28)19-12-11-18(14-22(19)30-15)31-23(27)13-16-7-9-17(26)10-8-16/h3-12,14H,13H2,1-2H3. The lowest BCUT2D eigenvalue weighted by Gasteiger charge is -2.12. The van der Waals surface area contributed by atoms with Gasteiger partial charge in [-0.25, -0.2) is 0 Å². The van der Waals surface area contributed by atoms with Crippen molar-refractivity contribution in [3.05, 3.63) is 93.3 Å². The van der Waals surface area contributed by atoms with Crippen LogP contribution in [0.1, 0.15) is 11.3 Å². The van der Waals surface area contributed by atoms with Crippen molar-refractivity contribution < 1.29 is 23.4 Å². The number of rotatable bonds is 6. The Balaban J connectivity index is 1.58. The summed E-state index contributed by atoms with van der Waals surface area (Å²) in [4.78, 5) is 25.3. The van der Waals surface area contributed by atoms with Crippen LogP contribution in [-0.2, 0) is 11.2 Å². The highest BCUT2D eigenvalue weighted by atomic mass is 35.5. The van der Waals surface area contributed by atoms with E-state index in [4.69, 9.17) is 30.2 Å². The Bertz CT molecular complexity index is 1340. The second kappa shape index (κ2) is 9.16. The number of aryl methyl sites for hydroxylation is 1. The number of benzene rings is 3. The van der Waals surface area contributed by atoms with Crippen LogP contribution in [0.4, 0.5) is 0 Å². The molecule has 3 aromatic carbocycles. The molecule has 0 saturated heterocycles. The van der Waals surface area contributed by atoms with Gasteiger partial charge in [0.2, 0.25) is 11.2 Å². The third-order valence-corrected chi connectivity index (χ3v) is 5.01. The molecule has 0 amide bonds. The van der Waals surface area contributed by atoms with Crippen LogP contribution in [0.5, 0.6) is 23.0 Å². The van der Waals surface area contributed by atoms with Crippen molar-refractivity contribution in [1.82, 2.24) is 0 Å². The van der Waals surface area contributed by atoms with Gasteiger partial charge in [0.05, 0.1) is 18.9 Å². The molecule has 0 N–H and O–H groups in total. The summed E-state index contributed by atoms with van der Waals surface area (Å²) in [6.07, 6.45) is 0.0872. The van der Waals surface area contributed by atoms with Crippen molar-refractivity contribution in [2.75, 3.05) is 7.11 Å². The molecule has 0 aliphatic carbocycles. The molecular weight excluding hydrogens is 432 g/mol. The summed E-state index contributed by atoms with van der Waals surface area (Å²) in [5, 5.41) is 0.897. The van der Waals surface area contributed by atoms with E-state index in [1.54, 1.807) is 67.6 Å². The van der Waals surface area contributed by atoms with Crippen molar-refractivity contribution in [2.24, 2.45) is 0 Å². The number of esters is 1. The van der Waals surface area contributed by atoms with E-state index >= 15 is 0 Å². The van der Waals surface area contributed by atoms with E-state index in [2.05, 4.69) is 0 Å². The quantitative estimate of drug-likeness (QED) is 0.277. The molecule has 0 spiro atoms. The molecule has 0 saturated carbocycles. The van der Waals surface area contributed by atoms with E-state index in [0.717, 1.165) is 5.56 Å². The maximum Gasteiger partial charge on any atom is 0.315 e. The number of hydrogen-bond acceptors (Lipinski definition) is 6. The number of halogens is 1. The van der Waals surface area contributed by atoms with Crippen molar-refractivity contribution in [3.63, 3.8) is 0 Å². The Kier molecular flexibility index (Phi) is 6.14. The number of carbonyl (C=O) groups is 1. The molecule has 0 fully saturated rings. The first-order valence-electron chi connectivity index (χ1n) is 9.78. The summed E-state index contributed by atoms with van der Waals surface area (Å²) in [7, 11) is 1.52. The van der Waals surface area contributed by atoms with Crippen molar-refractivity contribution >= 4 is 28.5 Å². The Morgan fingerprint density at radius 3 is 2.44 bits per heavy atom. The largest absolute Gasteiger partial charge is 0.493 e. The van der Waals surface area contributed by atoms with Gasteiger partial charge in [-0.05, 0) is 48.9 Å². The molecule has 0 unspecified atom stereocenters. The number of hydrogen-bond donors (Lipinski definition) is 0. The van der Waals surface area contributed by atoms with Crippen LogP contribution in [0.2, 0.25) is 5.02 Å². The number of methoxy groups -OCH3 is 1. The molecule has 32 heavy (non-hydrogen) atoms. The van der Waals surface area contributed by atoms with Crippen molar-refractivity contribution in [2.45, 2.75) is 13.3 Å². The third-order valence-electron chi connectivity index (χ3n) is 4.76. The number of para-hydroxylation sites is 2. The van der Waals surface area contributed by atoms with Gasteiger partial charge in [-0.15, -0.1) is 0 Å². The Labute approximate surface area is 188 Å². The second-order valence-corrected chi connectivity index (χ2v) is 7.44. The Morgan fingerprint density at radius 2 is 1.72 bits per heavy atom. The first-order chi connectivity index (χ1) is 15.4. The zero-order valence-corrected chi connectivity index (χ0v) is 18.1. The first kappa shape index (κ1) is 21.5. The minimum Gasteiger partial charge on any atom is -0.493 e. The van der Waals surface area contributed by atoms with Crippen LogP contribution >= 0.6 is 11.6 Å². The molecule has 6 nitrogen and oxygen atoms in total. The molecule has 7 heteroatoms. The van der Waals surface area contributed by atoms with Gasteiger partial charge < -0.3 is 18.6 Å². The van der Waals surface area contributed by atoms with Gasteiger partial charge in [-0.3, -0.25) is 9.59 Å². The molecular formula is C25H19ClO6. The molecule has 4 rings (SSSR count). The van der Waals surface area contributed by atoms with Crippen LogP contribution in [0.15, 0.2) is 75.9 Å². The van der Waals surface area contributed by atoms with E-state index in [1.807, 2.05) is 0 Å². The van der Waals surface area contributed by atoms with Gasteiger partial charge in [0.25, 0.3) is 0 Å². The van der Waals surface area contributed by atoms with E-state index in [9.17, 15) is 9.59 Å². The van der Waals surface area contributed by atoms with E-state index in [0.29, 0.717) is 21.9 Å². The summed E-state index contributed by atoms with van der Waals surface area (Å²) in [5.74, 6) is 1.08. The van der Waals surface area contributed by atoms with E-state index in [-0.39, 0.29) is 34.7 Å². The second-order valence-electron chi connectivity index (χ2n) is 7.00. The average molecular weight is 451 g/mol. The summed E-state index contributed by atoms with van der Waals surface area (Å²) in [5.41, 5.74) is 0.728. The van der Waals surface area contributed by atoms with Crippen molar-refractivity contribution in [3.8, 4) is 23.0 Å². The molecule has 162 valence electrons. The normalized spacial score (nSPS) is 10.7. The predicted octanol–water partition coefficient (Wildman–Crippen LogP) is 5.70. The van der Waals surface area contributed by atoms with Crippen LogP contribution < -0.4 is 19.6 Å². The minimum absolute atomic E-state index is 0.0643. The maximum atomic E-state index is 13.0. The lowest BCUT2D eigenvalue weighted by molar-refractivity contribution is -0.133. The zero-order valence-electron chi connectivity index (χ0n) is 17.4. The van der Waals surface area contributed by atoms with Gasteiger partial charge in [0, 0.05) is 11.1 Å². The average Bonchev–Trinajstić information content (AvgIpc) is 2.78. The molecule has 0 bridgehead atoms. The van der Waals surface area contributed by atoms with Crippen LogP contribution in [-0.4, -0.2) is 13.1 Å². The van der Waals surface area contributed by atoms with Crippen LogP contribution in [0.3, 0.4) is 0 Å². The van der Waals surface area contributed by atoms with Gasteiger partial charge in [-0.1, -0.05) is 35.9 Å². The summed E-state index contributed by atoms with van der Waals surface area (Å²) < 4.78 is 22.3. The van der Waals surface area contributed by atoms with Gasteiger partial charge in [-0.2, -0.15) is 0 Å². The topological polar surface area (TPSA) is 75.0 Å². The van der Waals surface area contributed by atoms with Gasteiger partial charge in [0.15, 0.2) is 11.5 Å². The van der Waals surface area contributed by atoms with Crippen molar-refractivity contribution in [1.29, 1.82) is 0 Å². The molecule has 1 aromatic heterocycles. The SMILES string of the molecule is COc1ccccc1Oc1c(C)oc2cc(OC(=O)Cc3ccc(Cl)cc3)ccc2c1=O. The fraction of sp³-hybridized carbons (Fsp3) is 0.120. The Morgan fingerprint density at radius 1 is 1.00 bits per heavy atom. The lowest BCUT2D eigenvalue weighted by Crippen LogP contribution is -2.12. The molecule has 0 radical (unpaired) electrons. The van der Waals surface area contributed by atoms with E-state index in [1.165, 1.54) is 13.2 Å². The molecule has 0 aliphatic heterocycles. The van der Waals surface area contributed by atoms with Crippen LogP contribution in [0.25, 0.3) is 11.0 Å².